The van der Waals surface area contributed by atoms with Crippen molar-refractivity contribution >= 4 is 12.0 Å². The van der Waals surface area contributed by atoms with Crippen LogP contribution in [0.25, 0.3) is 6.08 Å². The van der Waals surface area contributed by atoms with Gasteiger partial charge in [-0.15, -0.1) is 0 Å². The van der Waals surface area contributed by atoms with Gasteiger partial charge in [-0.3, -0.25) is 9.78 Å². The van der Waals surface area contributed by atoms with Crippen molar-refractivity contribution in [2.75, 3.05) is 0 Å². The molecular weight excluding hydrogens is 281 g/mol. The minimum absolute atomic E-state index is 0.147. The van der Waals surface area contributed by atoms with Gasteiger partial charge in [0.2, 0.25) is 0 Å². The maximum absolute atomic E-state index is 13.5. The number of rotatable bonds is 4. The lowest BCUT2D eigenvalue weighted by atomic mass is 10.1. The van der Waals surface area contributed by atoms with E-state index in [1.165, 1.54) is 18.3 Å². The van der Waals surface area contributed by atoms with Crippen molar-refractivity contribution in [3.63, 3.8) is 0 Å². The standard InChI is InChI=1S/C17H14FN3O/c1-12(13-5-3-2-4-6-13)21-17(22)15(10-19)9-14-7-8-20-11-16(14)18/h2-9,11-12H,1H3,(H,21,22)/b15-9+/t12-/m0/s1. The summed E-state index contributed by atoms with van der Waals surface area (Å²) in [6, 6.07) is 12.3. The lowest BCUT2D eigenvalue weighted by Gasteiger charge is -2.13. The van der Waals surface area contributed by atoms with Crippen molar-refractivity contribution in [1.82, 2.24) is 10.3 Å². The van der Waals surface area contributed by atoms with Crippen LogP contribution in [0, 0.1) is 17.1 Å². The van der Waals surface area contributed by atoms with Gasteiger partial charge in [0.25, 0.3) is 5.91 Å². The summed E-state index contributed by atoms with van der Waals surface area (Å²) in [5.41, 5.74) is 0.908. The van der Waals surface area contributed by atoms with E-state index in [9.17, 15) is 9.18 Å². The summed E-state index contributed by atoms with van der Waals surface area (Å²) in [7, 11) is 0. The molecule has 4 nitrogen and oxygen atoms in total. The molecule has 1 aromatic heterocycles. The Morgan fingerprint density at radius 3 is 2.73 bits per heavy atom. The summed E-state index contributed by atoms with van der Waals surface area (Å²) < 4.78 is 13.5. The Bertz CT molecular complexity index is 735. The Balaban J connectivity index is 2.17. The van der Waals surface area contributed by atoms with E-state index in [0.29, 0.717) is 0 Å². The normalized spacial score (nSPS) is 12.3. The first-order valence-corrected chi connectivity index (χ1v) is 6.69. The van der Waals surface area contributed by atoms with Gasteiger partial charge in [0.15, 0.2) is 0 Å². The number of benzene rings is 1. The lowest BCUT2D eigenvalue weighted by Crippen LogP contribution is -2.27. The highest BCUT2D eigenvalue weighted by Crippen LogP contribution is 2.14. The molecule has 0 radical (unpaired) electrons. The summed E-state index contributed by atoms with van der Waals surface area (Å²) in [4.78, 5) is 15.8. The minimum Gasteiger partial charge on any atom is -0.345 e. The average molecular weight is 295 g/mol. The summed E-state index contributed by atoms with van der Waals surface area (Å²) >= 11 is 0. The van der Waals surface area contributed by atoms with Crippen molar-refractivity contribution in [2.24, 2.45) is 0 Å². The molecule has 1 N–H and O–H groups in total. The van der Waals surface area contributed by atoms with Gasteiger partial charge in [0, 0.05) is 11.8 Å². The minimum atomic E-state index is -0.584. The molecule has 1 aromatic carbocycles. The molecule has 0 saturated carbocycles. The van der Waals surface area contributed by atoms with Gasteiger partial charge >= 0.3 is 0 Å². The predicted molar refractivity (Wildman–Crippen MR) is 80.8 cm³/mol. The van der Waals surface area contributed by atoms with Crippen LogP contribution >= 0.6 is 0 Å². The molecule has 2 aromatic rings. The van der Waals surface area contributed by atoms with Crippen molar-refractivity contribution < 1.29 is 9.18 Å². The molecule has 1 atom stereocenters. The number of amides is 1. The maximum atomic E-state index is 13.5. The number of carbonyl (C=O) groups excluding carboxylic acids is 1. The number of pyridine rings is 1. The molecule has 0 fully saturated rings. The van der Waals surface area contributed by atoms with E-state index < -0.39 is 11.7 Å². The van der Waals surface area contributed by atoms with Crippen LogP contribution in [0.5, 0.6) is 0 Å². The van der Waals surface area contributed by atoms with E-state index in [1.54, 1.807) is 6.07 Å². The maximum Gasteiger partial charge on any atom is 0.262 e. The van der Waals surface area contributed by atoms with Gasteiger partial charge in [-0.25, -0.2) is 4.39 Å². The molecule has 22 heavy (non-hydrogen) atoms. The first-order valence-electron chi connectivity index (χ1n) is 6.69. The number of aromatic nitrogens is 1. The highest BCUT2D eigenvalue weighted by atomic mass is 19.1. The molecule has 5 heteroatoms. The van der Waals surface area contributed by atoms with Crippen molar-refractivity contribution in [3.05, 3.63) is 71.3 Å². The zero-order chi connectivity index (χ0) is 15.9. The summed E-state index contributed by atoms with van der Waals surface area (Å²) in [5.74, 6) is -1.13. The Hall–Kier alpha value is -3.00. The Morgan fingerprint density at radius 2 is 2.09 bits per heavy atom. The number of hydrogen-bond acceptors (Lipinski definition) is 3. The fraction of sp³-hybridized carbons (Fsp3) is 0.118. The fourth-order valence-electron chi connectivity index (χ4n) is 1.91. The van der Waals surface area contributed by atoms with Crippen LogP contribution in [0.15, 0.2) is 54.4 Å². The van der Waals surface area contributed by atoms with E-state index >= 15 is 0 Å². The van der Waals surface area contributed by atoms with Crippen LogP contribution < -0.4 is 5.32 Å². The largest absolute Gasteiger partial charge is 0.345 e. The second-order valence-corrected chi connectivity index (χ2v) is 4.67. The number of nitrogens with one attached hydrogen (secondary N) is 1. The summed E-state index contributed by atoms with van der Waals surface area (Å²) in [6.45, 7) is 1.81. The van der Waals surface area contributed by atoms with E-state index in [1.807, 2.05) is 37.3 Å². The zero-order valence-corrected chi connectivity index (χ0v) is 12.0. The van der Waals surface area contributed by atoms with Crippen LogP contribution in [0.4, 0.5) is 4.39 Å². The lowest BCUT2D eigenvalue weighted by molar-refractivity contribution is -0.117. The van der Waals surface area contributed by atoms with Crippen LogP contribution in [-0.2, 0) is 4.79 Å². The second-order valence-electron chi connectivity index (χ2n) is 4.67. The van der Waals surface area contributed by atoms with Gasteiger partial charge < -0.3 is 5.32 Å². The van der Waals surface area contributed by atoms with Crippen LogP contribution in [0.1, 0.15) is 24.1 Å². The predicted octanol–water partition coefficient (Wildman–Crippen LogP) is 3.01. The fourth-order valence-corrected chi connectivity index (χ4v) is 1.91. The molecular formula is C17H14FN3O. The van der Waals surface area contributed by atoms with Gasteiger partial charge in [-0.2, -0.15) is 5.26 Å². The highest BCUT2D eigenvalue weighted by Gasteiger charge is 2.14. The van der Waals surface area contributed by atoms with Gasteiger partial charge in [-0.1, -0.05) is 30.3 Å². The topological polar surface area (TPSA) is 65.8 Å². The van der Waals surface area contributed by atoms with Crippen LogP contribution in [-0.4, -0.2) is 10.9 Å². The Morgan fingerprint density at radius 1 is 1.36 bits per heavy atom. The van der Waals surface area contributed by atoms with Gasteiger partial charge in [0.1, 0.15) is 17.5 Å². The Labute approximate surface area is 127 Å². The third kappa shape index (κ3) is 3.76. The molecule has 1 heterocycles. The molecule has 1 amide bonds. The number of nitrogens with zero attached hydrogens (tertiary/aromatic N) is 2. The smallest absolute Gasteiger partial charge is 0.262 e. The van der Waals surface area contributed by atoms with Crippen molar-refractivity contribution in [3.8, 4) is 6.07 Å². The van der Waals surface area contributed by atoms with E-state index in [-0.39, 0.29) is 17.2 Å². The number of nitriles is 1. The molecule has 0 unspecified atom stereocenters. The van der Waals surface area contributed by atoms with E-state index in [2.05, 4.69) is 10.3 Å². The summed E-state index contributed by atoms with van der Waals surface area (Å²) in [5, 5.41) is 11.8. The molecule has 0 bridgehead atoms. The zero-order valence-electron chi connectivity index (χ0n) is 12.0. The molecule has 110 valence electrons. The third-order valence-corrected chi connectivity index (χ3v) is 3.12. The molecule has 0 spiro atoms. The molecule has 0 aliphatic rings. The monoisotopic (exact) mass is 295 g/mol. The highest BCUT2D eigenvalue weighted by molar-refractivity contribution is 6.01. The third-order valence-electron chi connectivity index (χ3n) is 3.12. The second kappa shape index (κ2) is 7.14. The average Bonchev–Trinajstić information content (AvgIpc) is 2.54. The SMILES string of the molecule is C[C@H](NC(=O)/C(C#N)=C/c1ccncc1F)c1ccccc1. The van der Waals surface area contributed by atoms with E-state index in [0.717, 1.165) is 11.8 Å². The molecule has 0 saturated heterocycles. The van der Waals surface area contributed by atoms with Crippen molar-refractivity contribution in [1.29, 1.82) is 5.26 Å². The number of halogens is 1. The van der Waals surface area contributed by atoms with E-state index in [4.69, 9.17) is 5.26 Å². The van der Waals surface area contributed by atoms with Gasteiger partial charge in [-0.05, 0) is 24.6 Å². The number of hydrogen-bond donors (Lipinski definition) is 1. The quantitative estimate of drug-likeness (QED) is 0.696. The van der Waals surface area contributed by atoms with Crippen LogP contribution in [0.3, 0.4) is 0 Å². The molecule has 0 aliphatic heterocycles. The summed E-state index contributed by atoms with van der Waals surface area (Å²) in [6.07, 6.45) is 3.64. The molecule has 2 rings (SSSR count). The van der Waals surface area contributed by atoms with Crippen molar-refractivity contribution in [2.45, 2.75) is 13.0 Å². The Kier molecular flexibility index (Phi) is 4.99. The first kappa shape index (κ1) is 15.4. The van der Waals surface area contributed by atoms with Gasteiger partial charge in [0.05, 0.1) is 12.2 Å². The number of carbonyl (C=O) groups is 1. The molecule has 0 aliphatic carbocycles. The first-order chi connectivity index (χ1) is 10.6. The van der Waals surface area contributed by atoms with Crippen LogP contribution in [0.2, 0.25) is 0 Å².